The number of carbonyl (C=O) groups excluding carboxylic acids is 1. The third kappa shape index (κ3) is 3.12. The van der Waals surface area contributed by atoms with Gasteiger partial charge in [0.25, 0.3) is 5.91 Å². The van der Waals surface area contributed by atoms with Crippen LogP contribution >= 0.6 is 0 Å². The van der Waals surface area contributed by atoms with Crippen LogP contribution in [0.2, 0.25) is 0 Å². The van der Waals surface area contributed by atoms with Crippen molar-refractivity contribution in [1.29, 1.82) is 0 Å². The number of benzene rings is 1. The van der Waals surface area contributed by atoms with Crippen molar-refractivity contribution < 1.29 is 9.53 Å². The molecular formula is C16H24N2O2. The SMILES string of the molecule is CCN(CC)c1ccc(C(=O)N2CCC(OC)C2)cc1. The Kier molecular flexibility index (Phi) is 5.01. The first kappa shape index (κ1) is 14.9. The number of nitrogens with zero attached hydrogens (tertiary/aromatic N) is 2. The van der Waals surface area contributed by atoms with Crippen molar-refractivity contribution in [2.24, 2.45) is 0 Å². The van der Waals surface area contributed by atoms with Gasteiger partial charge in [-0.25, -0.2) is 0 Å². The molecule has 0 saturated carbocycles. The quantitative estimate of drug-likeness (QED) is 0.828. The van der Waals surface area contributed by atoms with Crippen molar-refractivity contribution in [3.63, 3.8) is 0 Å². The van der Waals surface area contributed by atoms with Gasteiger partial charge >= 0.3 is 0 Å². The molecule has 1 aliphatic rings. The molecule has 0 spiro atoms. The monoisotopic (exact) mass is 276 g/mol. The lowest BCUT2D eigenvalue weighted by atomic mass is 10.1. The van der Waals surface area contributed by atoms with Gasteiger partial charge in [0.2, 0.25) is 0 Å². The normalized spacial score (nSPS) is 18.4. The van der Waals surface area contributed by atoms with E-state index in [9.17, 15) is 4.79 Å². The van der Waals surface area contributed by atoms with Crippen molar-refractivity contribution in [2.45, 2.75) is 26.4 Å². The molecule has 20 heavy (non-hydrogen) atoms. The predicted octanol–water partition coefficient (Wildman–Crippen LogP) is 2.39. The second kappa shape index (κ2) is 6.75. The molecule has 1 unspecified atom stereocenters. The van der Waals surface area contributed by atoms with E-state index in [2.05, 4.69) is 18.7 Å². The van der Waals surface area contributed by atoms with Crippen molar-refractivity contribution in [3.8, 4) is 0 Å². The summed E-state index contributed by atoms with van der Waals surface area (Å²) in [6.07, 6.45) is 1.12. The molecule has 1 atom stereocenters. The number of methoxy groups -OCH3 is 1. The summed E-state index contributed by atoms with van der Waals surface area (Å²) in [6, 6.07) is 7.92. The lowest BCUT2D eigenvalue weighted by Gasteiger charge is -2.21. The smallest absolute Gasteiger partial charge is 0.253 e. The van der Waals surface area contributed by atoms with E-state index in [0.717, 1.165) is 31.6 Å². The molecule has 0 aliphatic carbocycles. The molecule has 1 heterocycles. The minimum atomic E-state index is 0.107. The average molecular weight is 276 g/mol. The molecule has 0 aromatic heterocycles. The maximum absolute atomic E-state index is 12.4. The lowest BCUT2D eigenvalue weighted by molar-refractivity contribution is 0.0724. The van der Waals surface area contributed by atoms with Crippen molar-refractivity contribution in [1.82, 2.24) is 4.90 Å². The summed E-state index contributed by atoms with van der Waals surface area (Å²) in [6.45, 7) is 7.72. The molecule has 4 nitrogen and oxygen atoms in total. The van der Waals surface area contributed by atoms with E-state index in [1.54, 1.807) is 7.11 Å². The van der Waals surface area contributed by atoms with Crippen LogP contribution in [0, 0.1) is 0 Å². The zero-order valence-corrected chi connectivity index (χ0v) is 12.6. The molecule has 0 bridgehead atoms. The maximum atomic E-state index is 12.4. The second-order valence-corrected chi connectivity index (χ2v) is 5.12. The Morgan fingerprint density at radius 3 is 2.45 bits per heavy atom. The van der Waals surface area contributed by atoms with Gasteiger partial charge in [0.15, 0.2) is 0 Å². The van der Waals surface area contributed by atoms with Gasteiger partial charge < -0.3 is 14.5 Å². The molecule has 1 fully saturated rings. The molecule has 1 aromatic carbocycles. The van der Waals surface area contributed by atoms with Crippen LogP contribution in [0.15, 0.2) is 24.3 Å². The Hall–Kier alpha value is -1.55. The van der Waals surface area contributed by atoms with Crippen LogP contribution in [-0.4, -0.2) is 50.2 Å². The summed E-state index contributed by atoms with van der Waals surface area (Å²) in [7, 11) is 1.71. The number of likely N-dealkylation sites (tertiary alicyclic amines) is 1. The van der Waals surface area contributed by atoms with Crippen LogP contribution in [0.5, 0.6) is 0 Å². The van der Waals surface area contributed by atoms with Gasteiger partial charge in [-0.3, -0.25) is 4.79 Å². The fraction of sp³-hybridized carbons (Fsp3) is 0.562. The predicted molar refractivity (Wildman–Crippen MR) is 81.3 cm³/mol. The van der Waals surface area contributed by atoms with E-state index >= 15 is 0 Å². The summed E-state index contributed by atoms with van der Waals surface area (Å²) in [5, 5.41) is 0. The molecule has 1 aliphatic heterocycles. The van der Waals surface area contributed by atoms with Crippen LogP contribution < -0.4 is 4.90 Å². The Morgan fingerprint density at radius 1 is 1.30 bits per heavy atom. The Labute approximate surface area is 121 Å². The third-order valence-corrected chi connectivity index (χ3v) is 4.01. The zero-order chi connectivity index (χ0) is 14.5. The van der Waals surface area contributed by atoms with Gasteiger partial charge in [-0.2, -0.15) is 0 Å². The first-order valence-corrected chi connectivity index (χ1v) is 7.36. The fourth-order valence-corrected chi connectivity index (χ4v) is 2.69. The highest BCUT2D eigenvalue weighted by Gasteiger charge is 2.26. The van der Waals surface area contributed by atoms with Crippen molar-refractivity contribution in [2.75, 3.05) is 38.2 Å². The number of anilines is 1. The molecule has 4 heteroatoms. The standard InChI is InChI=1S/C16H24N2O2/c1-4-17(5-2)14-8-6-13(7-9-14)16(19)18-11-10-15(12-18)20-3/h6-9,15H,4-5,10-12H2,1-3H3. The Balaban J connectivity index is 2.04. The average Bonchev–Trinajstić information content (AvgIpc) is 2.97. The van der Waals surface area contributed by atoms with Gasteiger partial charge in [0.05, 0.1) is 6.10 Å². The lowest BCUT2D eigenvalue weighted by Crippen LogP contribution is -2.30. The van der Waals surface area contributed by atoms with Gasteiger partial charge in [-0.05, 0) is 44.5 Å². The topological polar surface area (TPSA) is 32.8 Å². The summed E-state index contributed by atoms with van der Waals surface area (Å²) in [5.74, 6) is 0.107. The summed E-state index contributed by atoms with van der Waals surface area (Å²) in [4.78, 5) is 16.5. The molecule has 0 N–H and O–H groups in total. The zero-order valence-electron chi connectivity index (χ0n) is 12.6. The number of rotatable bonds is 5. The van der Waals surface area contributed by atoms with E-state index in [-0.39, 0.29) is 12.0 Å². The van der Waals surface area contributed by atoms with Gasteiger partial charge in [0, 0.05) is 44.5 Å². The van der Waals surface area contributed by atoms with Gasteiger partial charge in [-0.1, -0.05) is 0 Å². The third-order valence-electron chi connectivity index (χ3n) is 4.01. The molecule has 0 radical (unpaired) electrons. The van der Waals surface area contributed by atoms with Crippen LogP contribution in [0.1, 0.15) is 30.6 Å². The number of hydrogen-bond acceptors (Lipinski definition) is 3. The van der Waals surface area contributed by atoms with Crippen LogP contribution in [0.25, 0.3) is 0 Å². The molecule has 1 saturated heterocycles. The van der Waals surface area contributed by atoms with E-state index in [1.807, 2.05) is 29.2 Å². The van der Waals surface area contributed by atoms with Gasteiger partial charge in [-0.15, -0.1) is 0 Å². The van der Waals surface area contributed by atoms with Crippen molar-refractivity contribution >= 4 is 11.6 Å². The molecule has 1 aromatic rings. The first-order valence-electron chi connectivity index (χ1n) is 7.36. The highest BCUT2D eigenvalue weighted by molar-refractivity contribution is 5.94. The molecule has 1 amide bonds. The van der Waals surface area contributed by atoms with E-state index in [4.69, 9.17) is 4.74 Å². The largest absolute Gasteiger partial charge is 0.380 e. The number of ether oxygens (including phenoxy) is 1. The first-order chi connectivity index (χ1) is 9.69. The fourth-order valence-electron chi connectivity index (χ4n) is 2.69. The van der Waals surface area contributed by atoms with E-state index in [1.165, 1.54) is 5.69 Å². The second-order valence-electron chi connectivity index (χ2n) is 5.12. The number of amides is 1. The summed E-state index contributed by atoms with van der Waals surface area (Å²) < 4.78 is 5.31. The molecule has 2 rings (SSSR count). The Morgan fingerprint density at radius 2 is 1.95 bits per heavy atom. The number of hydrogen-bond donors (Lipinski definition) is 0. The maximum Gasteiger partial charge on any atom is 0.253 e. The highest BCUT2D eigenvalue weighted by Crippen LogP contribution is 2.19. The minimum absolute atomic E-state index is 0.107. The molecule has 110 valence electrons. The van der Waals surface area contributed by atoms with Crippen LogP contribution in [0.4, 0.5) is 5.69 Å². The highest BCUT2D eigenvalue weighted by atomic mass is 16.5. The minimum Gasteiger partial charge on any atom is -0.380 e. The number of carbonyl (C=O) groups is 1. The van der Waals surface area contributed by atoms with Crippen molar-refractivity contribution in [3.05, 3.63) is 29.8 Å². The van der Waals surface area contributed by atoms with E-state index < -0.39 is 0 Å². The van der Waals surface area contributed by atoms with Crippen LogP contribution in [0.3, 0.4) is 0 Å². The Bertz CT molecular complexity index is 440. The summed E-state index contributed by atoms with van der Waals surface area (Å²) in [5.41, 5.74) is 1.93. The summed E-state index contributed by atoms with van der Waals surface area (Å²) >= 11 is 0. The van der Waals surface area contributed by atoms with Gasteiger partial charge in [0.1, 0.15) is 0 Å². The molecular weight excluding hydrogens is 252 g/mol. The van der Waals surface area contributed by atoms with E-state index in [0.29, 0.717) is 6.54 Å². The van der Waals surface area contributed by atoms with Crippen LogP contribution in [-0.2, 0) is 4.74 Å².